The third-order valence-corrected chi connectivity index (χ3v) is 5.12. The first kappa shape index (κ1) is 24.2. The fourth-order valence-corrected chi connectivity index (χ4v) is 3.94. The molecule has 154 valence electrons. The Kier molecular flexibility index (Phi) is 11.9. The minimum absolute atomic E-state index is 0. The maximum absolute atomic E-state index is 9.66. The zero-order chi connectivity index (χ0) is 18.8. The number of benzene rings is 1. The quantitative estimate of drug-likeness (QED) is 0.228. The highest BCUT2D eigenvalue weighted by molar-refractivity contribution is 14.0. The normalized spacial score (nSPS) is 22.0. The summed E-state index contributed by atoms with van der Waals surface area (Å²) in [6.07, 6.45) is 2.47. The molecule has 0 spiro atoms. The van der Waals surface area contributed by atoms with Crippen LogP contribution in [-0.2, 0) is 0 Å². The summed E-state index contributed by atoms with van der Waals surface area (Å²) in [5.41, 5.74) is 1.14. The molecular weight excluding hydrogens is 451 g/mol. The topological polar surface area (TPSA) is 59.9 Å². The average molecular weight is 488 g/mol. The maximum Gasteiger partial charge on any atom is 0.191 e. The molecule has 1 fully saturated rings. The Balaban J connectivity index is 0.00000364. The zero-order valence-electron chi connectivity index (χ0n) is 17.0. The van der Waals surface area contributed by atoms with Crippen molar-refractivity contribution in [1.82, 2.24) is 15.5 Å². The van der Waals surface area contributed by atoms with Gasteiger partial charge in [-0.2, -0.15) is 0 Å². The molecule has 6 heteroatoms. The van der Waals surface area contributed by atoms with Crippen molar-refractivity contribution in [3.8, 4) is 0 Å². The van der Waals surface area contributed by atoms with Gasteiger partial charge in [-0.05, 0) is 36.8 Å². The Hall–Kier alpha value is -0.860. The number of rotatable bonds is 8. The second-order valence-corrected chi connectivity index (χ2v) is 7.73. The number of aliphatic hydroxyl groups is 1. The van der Waals surface area contributed by atoms with E-state index in [9.17, 15) is 5.11 Å². The minimum atomic E-state index is 0. The zero-order valence-corrected chi connectivity index (χ0v) is 19.4. The molecule has 0 radical (unpaired) electrons. The monoisotopic (exact) mass is 488 g/mol. The Morgan fingerprint density at radius 1 is 1.19 bits per heavy atom. The first-order chi connectivity index (χ1) is 12.6. The number of guanidine groups is 1. The summed E-state index contributed by atoms with van der Waals surface area (Å²) in [5.74, 6) is 2.51. The van der Waals surface area contributed by atoms with Crippen molar-refractivity contribution in [3.63, 3.8) is 0 Å². The van der Waals surface area contributed by atoms with Crippen LogP contribution < -0.4 is 10.6 Å². The number of nitrogens with one attached hydrogen (secondary N) is 2. The molecule has 0 bridgehead atoms. The Bertz CT molecular complexity index is 530. The van der Waals surface area contributed by atoms with Crippen molar-refractivity contribution >= 4 is 29.9 Å². The number of halogens is 1. The van der Waals surface area contributed by atoms with Crippen molar-refractivity contribution in [2.45, 2.75) is 32.6 Å². The maximum atomic E-state index is 9.66. The van der Waals surface area contributed by atoms with E-state index in [0.717, 1.165) is 42.9 Å². The molecule has 1 saturated heterocycles. The van der Waals surface area contributed by atoms with Gasteiger partial charge in [0.25, 0.3) is 0 Å². The average Bonchev–Trinajstić information content (AvgIpc) is 2.64. The van der Waals surface area contributed by atoms with Gasteiger partial charge in [0.1, 0.15) is 0 Å². The first-order valence-corrected chi connectivity index (χ1v) is 9.95. The number of piperidine rings is 1. The van der Waals surface area contributed by atoms with Gasteiger partial charge >= 0.3 is 0 Å². The second kappa shape index (κ2) is 13.3. The van der Waals surface area contributed by atoms with Crippen LogP contribution in [0.1, 0.15) is 38.2 Å². The lowest BCUT2D eigenvalue weighted by molar-refractivity contribution is 0.140. The van der Waals surface area contributed by atoms with Gasteiger partial charge in [0, 0.05) is 39.1 Å². The molecule has 0 saturated carbocycles. The molecular formula is C21H37IN4O. The molecule has 27 heavy (non-hydrogen) atoms. The third-order valence-electron chi connectivity index (χ3n) is 5.12. The molecule has 1 aromatic rings. The molecule has 3 unspecified atom stereocenters. The molecule has 2 rings (SSSR count). The molecule has 1 heterocycles. The van der Waals surface area contributed by atoms with Crippen molar-refractivity contribution in [3.05, 3.63) is 35.9 Å². The summed E-state index contributed by atoms with van der Waals surface area (Å²) in [5, 5.41) is 16.4. The van der Waals surface area contributed by atoms with Gasteiger partial charge in [-0.1, -0.05) is 44.2 Å². The van der Waals surface area contributed by atoms with Crippen LogP contribution in [0.2, 0.25) is 0 Å². The molecule has 0 amide bonds. The van der Waals surface area contributed by atoms with Gasteiger partial charge in [0.05, 0.1) is 6.61 Å². The van der Waals surface area contributed by atoms with Crippen LogP contribution in [-0.4, -0.2) is 62.3 Å². The SMILES string of the molecule is CN=C(NCCCN1CC(C)CC(C)C1)NCC(CO)c1ccccc1.I. The molecule has 1 aliphatic heterocycles. The summed E-state index contributed by atoms with van der Waals surface area (Å²) in [4.78, 5) is 6.89. The van der Waals surface area contributed by atoms with Gasteiger partial charge < -0.3 is 20.6 Å². The van der Waals surface area contributed by atoms with E-state index in [-0.39, 0.29) is 36.5 Å². The van der Waals surface area contributed by atoms with Gasteiger partial charge in [0.15, 0.2) is 5.96 Å². The standard InChI is InChI=1S/C21H36N4O.HI/c1-17-12-18(2)15-25(14-17)11-7-10-23-21(22-3)24-13-20(16-26)19-8-5-4-6-9-19;/h4-6,8-9,17-18,20,26H,7,10-16H2,1-3H3,(H2,22,23,24);1H. The number of aliphatic hydroxyl groups excluding tert-OH is 1. The number of likely N-dealkylation sites (tertiary alicyclic amines) is 1. The van der Waals surface area contributed by atoms with E-state index in [1.807, 2.05) is 18.2 Å². The van der Waals surface area contributed by atoms with Crippen LogP contribution in [0.15, 0.2) is 35.3 Å². The van der Waals surface area contributed by atoms with E-state index >= 15 is 0 Å². The summed E-state index contributed by atoms with van der Waals surface area (Å²) in [6.45, 7) is 10.0. The summed E-state index contributed by atoms with van der Waals surface area (Å²) >= 11 is 0. The number of hydrogen-bond acceptors (Lipinski definition) is 3. The number of hydrogen-bond donors (Lipinski definition) is 3. The van der Waals surface area contributed by atoms with Crippen LogP contribution in [0.25, 0.3) is 0 Å². The van der Waals surface area contributed by atoms with Crippen LogP contribution in [0, 0.1) is 11.8 Å². The Morgan fingerprint density at radius 2 is 1.85 bits per heavy atom. The van der Waals surface area contributed by atoms with Crippen molar-refractivity contribution < 1.29 is 5.11 Å². The minimum Gasteiger partial charge on any atom is -0.396 e. The van der Waals surface area contributed by atoms with Crippen LogP contribution in [0.5, 0.6) is 0 Å². The molecule has 5 nitrogen and oxygen atoms in total. The van der Waals surface area contributed by atoms with Gasteiger partial charge in [-0.15, -0.1) is 24.0 Å². The Labute approximate surface area is 182 Å². The fourth-order valence-electron chi connectivity index (χ4n) is 3.94. The van der Waals surface area contributed by atoms with Crippen molar-refractivity contribution in [2.24, 2.45) is 16.8 Å². The number of nitrogens with zero attached hydrogens (tertiary/aromatic N) is 2. The Morgan fingerprint density at radius 3 is 2.44 bits per heavy atom. The predicted molar refractivity (Wildman–Crippen MR) is 125 cm³/mol. The van der Waals surface area contributed by atoms with Crippen molar-refractivity contribution in [2.75, 3.05) is 46.4 Å². The molecule has 0 aliphatic carbocycles. The van der Waals surface area contributed by atoms with Gasteiger partial charge in [0.2, 0.25) is 0 Å². The fraction of sp³-hybridized carbons (Fsp3) is 0.667. The van der Waals surface area contributed by atoms with Crippen molar-refractivity contribution in [1.29, 1.82) is 0 Å². The lowest BCUT2D eigenvalue weighted by Crippen LogP contribution is -2.42. The molecule has 3 N–H and O–H groups in total. The van der Waals surface area contributed by atoms with E-state index in [1.165, 1.54) is 19.5 Å². The van der Waals surface area contributed by atoms with Gasteiger partial charge in [-0.3, -0.25) is 4.99 Å². The van der Waals surface area contributed by atoms with Crippen LogP contribution in [0.3, 0.4) is 0 Å². The van der Waals surface area contributed by atoms with E-state index in [4.69, 9.17) is 0 Å². The van der Waals surface area contributed by atoms with Gasteiger partial charge in [-0.25, -0.2) is 0 Å². The highest BCUT2D eigenvalue weighted by atomic mass is 127. The van der Waals surface area contributed by atoms with E-state index in [1.54, 1.807) is 7.05 Å². The first-order valence-electron chi connectivity index (χ1n) is 9.95. The number of aliphatic imine (C=N–C) groups is 1. The molecule has 0 aromatic heterocycles. The van der Waals surface area contributed by atoms with E-state index in [0.29, 0.717) is 6.54 Å². The molecule has 1 aliphatic rings. The molecule has 3 atom stereocenters. The second-order valence-electron chi connectivity index (χ2n) is 7.73. The highest BCUT2D eigenvalue weighted by Gasteiger charge is 2.21. The van der Waals surface area contributed by atoms with E-state index in [2.05, 4.69) is 46.5 Å². The van der Waals surface area contributed by atoms with E-state index < -0.39 is 0 Å². The van der Waals surface area contributed by atoms with Crippen LogP contribution >= 0.6 is 24.0 Å². The summed E-state index contributed by atoms with van der Waals surface area (Å²) in [7, 11) is 1.79. The largest absolute Gasteiger partial charge is 0.396 e. The molecule has 1 aromatic carbocycles. The smallest absolute Gasteiger partial charge is 0.191 e. The lowest BCUT2D eigenvalue weighted by atomic mass is 9.92. The predicted octanol–water partition coefficient (Wildman–Crippen LogP) is 2.91. The van der Waals surface area contributed by atoms with Crippen LogP contribution in [0.4, 0.5) is 0 Å². The lowest BCUT2D eigenvalue weighted by Gasteiger charge is -2.35. The highest BCUT2D eigenvalue weighted by Crippen LogP contribution is 2.20. The summed E-state index contributed by atoms with van der Waals surface area (Å²) in [6, 6.07) is 10.1. The third kappa shape index (κ3) is 8.79. The summed E-state index contributed by atoms with van der Waals surface area (Å²) < 4.78 is 0.